The van der Waals surface area contributed by atoms with E-state index in [1.807, 2.05) is 6.92 Å². The van der Waals surface area contributed by atoms with Crippen molar-refractivity contribution in [2.24, 2.45) is 17.1 Å². The van der Waals surface area contributed by atoms with Gasteiger partial charge >= 0.3 is 6.03 Å². The van der Waals surface area contributed by atoms with Crippen LogP contribution >= 0.6 is 0 Å². The third-order valence-electron chi connectivity index (χ3n) is 6.20. The Balaban J connectivity index is 1.68. The average molecular weight is 336 g/mol. The molecule has 0 aromatic heterocycles. The van der Waals surface area contributed by atoms with Gasteiger partial charge in [0.15, 0.2) is 0 Å². The average Bonchev–Trinajstić information content (AvgIpc) is 3.06. The Morgan fingerprint density at radius 3 is 2.71 bits per heavy atom. The monoisotopic (exact) mass is 336 g/mol. The lowest BCUT2D eigenvalue weighted by Crippen LogP contribution is -2.54. The molecule has 3 N–H and O–H groups in total. The van der Waals surface area contributed by atoms with Crippen molar-refractivity contribution >= 4 is 17.8 Å². The normalized spacial score (nSPS) is 36.5. The van der Waals surface area contributed by atoms with Crippen LogP contribution in [0.2, 0.25) is 0 Å². The van der Waals surface area contributed by atoms with Crippen molar-refractivity contribution in [1.29, 1.82) is 0 Å². The molecule has 2 aliphatic heterocycles. The molecule has 4 amide bonds. The van der Waals surface area contributed by atoms with Crippen molar-refractivity contribution in [2.75, 3.05) is 26.2 Å². The zero-order chi connectivity index (χ0) is 17.5. The molecule has 7 heteroatoms. The molecule has 0 radical (unpaired) electrons. The summed E-state index contributed by atoms with van der Waals surface area (Å²) in [6.45, 7) is 5.66. The van der Waals surface area contributed by atoms with Crippen molar-refractivity contribution in [3.05, 3.63) is 0 Å². The first-order valence-electron chi connectivity index (χ1n) is 8.93. The Morgan fingerprint density at radius 1 is 1.33 bits per heavy atom. The third-order valence-corrected chi connectivity index (χ3v) is 6.20. The molecule has 1 spiro atoms. The molecule has 3 aliphatic rings. The maximum absolute atomic E-state index is 12.9. The van der Waals surface area contributed by atoms with Gasteiger partial charge in [-0.2, -0.15) is 0 Å². The van der Waals surface area contributed by atoms with Gasteiger partial charge in [0.1, 0.15) is 12.1 Å². The second kappa shape index (κ2) is 6.02. The summed E-state index contributed by atoms with van der Waals surface area (Å²) >= 11 is 0. The number of imide groups is 1. The van der Waals surface area contributed by atoms with E-state index in [0.29, 0.717) is 26.1 Å². The highest BCUT2D eigenvalue weighted by Crippen LogP contribution is 2.38. The van der Waals surface area contributed by atoms with Gasteiger partial charge in [-0.05, 0) is 37.1 Å². The second-order valence-electron chi connectivity index (χ2n) is 8.02. The van der Waals surface area contributed by atoms with Crippen molar-refractivity contribution in [2.45, 2.75) is 51.5 Å². The Labute approximate surface area is 142 Å². The topological polar surface area (TPSA) is 95.7 Å². The van der Waals surface area contributed by atoms with Crippen LogP contribution in [0.25, 0.3) is 0 Å². The number of nitrogens with two attached hydrogens (primary N) is 1. The standard InChI is InChI=1S/C17H28N4O3/c1-12-5-3-4-6-17(12)14(23)21(15(24)19-17)9-13(22)20-8-7-16(2,10-18)11-20/h12H,3-11,18H2,1-2H3,(H,19,24). The second-order valence-corrected chi connectivity index (χ2v) is 8.02. The molecule has 7 nitrogen and oxygen atoms in total. The summed E-state index contributed by atoms with van der Waals surface area (Å²) in [5.74, 6) is -0.292. The summed E-state index contributed by atoms with van der Waals surface area (Å²) in [4.78, 5) is 40.6. The zero-order valence-electron chi connectivity index (χ0n) is 14.6. The number of nitrogens with one attached hydrogen (secondary N) is 1. The number of amides is 4. The minimum Gasteiger partial charge on any atom is -0.341 e. The van der Waals surface area contributed by atoms with Crippen LogP contribution in [0.4, 0.5) is 4.79 Å². The minimum atomic E-state index is -0.799. The fraction of sp³-hybridized carbons (Fsp3) is 0.824. The molecule has 3 rings (SSSR count). The molecule has 134 valence electrons. The van der Waals surface area contributed by atoms with Crippen LogP contribution in [0.3, 0.4) is 0 Å². The van der Waals surface area contributed by atoms with E-state index in [2.05, 4.69) is 12.2 Å². The molecular formula is C17H28N4O3. The lowest BCUT2D eigenvalue weighted by Gasteiger charge is -2.36. The number of urea groups is 1. The number of likely N-dealkylation sites (tertiary alicyclic amines) is 1. The number of carbonyl (C=O) groups excluding carboxylic acids is 3. The number of carbonyl (C=O) groups is 3. The fourth-order valence-electron chi connectivity index (χ4n) is 4.28. The van der Waals surface area contributed by atoms with Crippen LogP contribution in [0.5, 0.6) is 0 Å². The number of rotatable bonds is 3. The number of nitrogens with zero attached hydrogens (tertiary/aromatic N) is 2. The number of hydrogen-bond donors (Lipinski definition) is 2. The zero-order valence-corrected chi connectivity index (χ0v) is 14.6. The van der Waals surface area contributed by atoms with Gasteiger partial charge in [0.05, 0.1) is 0 Å². The van der Waals surface area contributed by atoms with E-state index in [4.69, 9.17) is 5.73 Å². The van der Waals surface area contributed by atoms with Crippen LogP contribution in [0, 0.1) is 11.3 Å². The van der Waals surface area contributed by atoms with Gasteiger partial charge in [0.25, 0.3) is 5.91 Å². The van der Waals surface area contributed by atoms with Gasteiger partial charge < -0.3 is 16.0 Å². The van der Waals surface area contributed by atoms with Crippen molar-refractivity contribution < 1.29 is 14.4 Å². The molecule has 3 unspecified atom stereocenters. The van der Waals surface area contributed by atoms with E-state index in [-0.39, 0.29) is 29.7 Å². The maximum Gasteiger partial charge on any atom is 0.325 e. The van der Waals surface area contributed by atoms with E-state index in [9.17, 15) is 14.4 Å². The molecule has 0 bridgehead atoms. The first-order valence-corrected chi connectivity index (χ1v) is 8.93. The van der Waals surface area contributed by atoms with Crippen LogP contribution in [0.15, 0.2) is 0 Å². The van der Waals surface area contributed by atoms with Gasteiger partial charge in [0, 0.05) is 13.1 Å². The SMILES string of the molecule is CC1CCCCC12NC(=O)N(CC(=O)N1CCC(C)(CN)C1)C2=O. The van der Waals surface area contributed by atoms with Gasteiger partial charge in [0.2, 0.25) is 5.91 Å². The van der Waals surface area contributed by atoms with Crippen LogP contribution in [0.1, 0.15) is 46.0 Å². The first kappa shape index (κ1) is 17.2. The summed E-state index contributed by atoms with van der Waals surface area (Å²) in [6, 6.07) is -0.428. The molecule has 2 saturated heterocycles. The van der Waals surface area contributed by atoms with Crippen molar-refractivity contribution in [3.63, 3.8) is 0 Å². The fourth-order valence-corrected chi connectivity index (χ4v) is 4.28. The molecule has 3 fully saturated rings. The Kier molecular flexibility index (Phi) is 4.32. The van der Waals surface area contributed by atoms with Crippen LogP contribution < -0.4 is 11.1 Å². The van der Waals surface area contributed by atoms with Crippen molar-refractivity contribution in [3.8, 4) is 0 Å². The molecule has 24 heavy (non-hydrogen) atoms. The Morgan fingerprint density at radius 2 is 2.08 bits per heavy atom. The molecular weight excluding hydrogens is 308 g/mol. The van der Waals surface area contributed by atoms with E-state index in [0.717, 1.165) is 30.6 Å². The summed E-state index contributed by atoms with van der Waals surface area (Å²) in [5.41, 5.74) is 4.92. The summed E-state index contributed by atoms with van der Waals surface area (Å²) in [6.07, 6.45) is 4.46. The highest BCUT2D eigenvalue weighted by Gasteiger charge is 2.55. The summed E-state index contributed by atoms with van der Waals surface area (Å²) in [5, 5.41) is 2.89. The summed E-state index contributed by atoms with van der Waals surface area (Å²) < 4.78 is 0. The minimum absolute atomic E-state index is 0.0634. The predicted octanol–water partition coefficient (Wildman–Crippen LogP) is 0.684. The van der Waals surface area contributed by atoms with Gasteiger partial charge in [-0.15, -0.1) is 0 Å². The highest BCUT2D eigenvalue weighted by molar-refractivity contribution is 6.09. The molecule has 1 saturated carbocycles. The van der Waals surface area contributed by atoms with E-state index in [1.165, 1.54) is 0 Å². The lowest BCUT2D eigenvalue weighted by molar-refractivity contribution is -0.140. The quantitative estimate of drug-likeness (QED) is 0.741. The number of hydrogen-bond acceptors (Lipinski definition) is 4. The van der Waals surface area contributed by atoms with Crippen LogP contribution in [-0.2, 0) is 9.59 Å². The molecule has 0 aromatic carbocycles. The molecule has 2 heterocycles. The van der Waals surface area contributed by atoms with E-state index in [1.54, 1.807) is 4.90 Å². The third kappa shape index (κ3) is 2.68. The van der Waals surface area contributed by atoms with Gasteiger partial charge in [-0.25, -0.2) is 4.79 Å². The summed E-state index contributed by atoms with van der Waals surface area (Å²) in [7, 11) is 0. The molecule has 0 aromatic rings. The van der Waals surface area contributed by atoms with Gasteiger partial charge in [-0.1, -0.05) is 26.7 Å². The smallest absolute Gasteiger partial charge is 0.325 e. The van der Waals surface area contributed by atoms with E-state index < -0.39 is 11.6 Å². The molecule has 3 atom stereocenters. The molecule has 1 aliphatic carbocycles. The van der Waals surface area contributed by atoms with Crippen molar-refractivity contribution in [1.82, 2.24) is 15.1 Å². The van der Waals surface area contributed by atoms with E-state index >= 15 is 0 Å². The Hall–Kier alpha value is -1.63. The predicted molar refractivity (Wildman–Crippen MR) is 89.0 cm³/mol. The van der Waals surface area contributed by atoms with Gasteiger partial charge in [-0.3, -0.25) is 14.5 Å². The largest absolute Gasteiger partial charge is 0.341 e. The lowest BCUT2D eigenvalue weighted by atomic mass is 9.73. The maximum atomic E-state index is 12.9. The Bertz CT molecular complexity index is 566. The van der Waals surface area contributed by atoms with Crippen LogP contribution in [-0.4, -0.2) is 59.4 Å². The first-order chi connectivity index (χ1) is 11.3. The highest BCUT2D eigenvalue weighted by atomic mass is 16.2.